The highest BCUT2D eigenvalue weighted by molar-refractivity contribution is 9.10. The van der Waals surface area contributed by atoms with Crippen LogP contribution in [0.25, 0.3) is 0 Å². The molecule has 1 saturated heterocycles. The van der Waals surface area contributed by atoms with Gasteiger partial charge in [0.2, 0.25) is 0 Å². The van der Waals surface area contributed by atoms with Crippen LogP contribution in [0.15, 0.2) is 15.9 Å². The summed E-state index contributed by atoms with van der Waals surface area (Å²) in [6.45, 7) is 6.46. The Labute approximate surface area is 116 Å². The lowest BCUT2D eigenvalue weighted by Crippen LogP contribution is -2.31. The fourth-order valence-electron chi connectivity index (χ4n) is 2.07. The van der Waals surface area contributed by atoms with Crippen molar-refractivity contribution < 1.29 is 0 Å². The van der Waals surface area contributed by atoms with Crippen molar-refractivity contribution in [1.82, 2.24) is 4.90 Å². The average Bonchev–Trinajstić information content (AvgIpc) is 2.77. The van der Waals surface area contributed by atoms with Gasteiger partial charge in [0, 0.05) is 22.4 Å². The van der Waals surface area contributed by atoms with E-state index in [1.165, 1.54) is 22.3 Å². The van der Waals surface area contributed by atoms with Gasteiger partial charge in [-0.25, -0.2) is 0 Å². The van der Waals surface area contributed by atoms with Crippen LogP contribution in [0.1, 0.15) is 18.2 Å². The molecule has 0 aromatic carbocycles. The summed E-state index contributed by atoms with van der Waals surface area (Å²) in [5.41, 5.74) is 6.14. The lowest BCUT2D eigenvalue weighted by molar-refractivity contribution is 0.276. The summed E-state index contributed by atoms with van der Waals surface area (Å²) in [4.78, 5) is 3.93. The van der Waals surface area contributed by atoms with Crippen LogP contribution in [0, 0.1) is 5.41 Å². The molecule has 0 spiro atoms. The molecule has 16 heavy (non-hydrogen) atoms. The summed E-state index contributed by atoms with van der Waals surface area (Å²) in [5, 5.41) is 2.14. The van der Waals surface area contributed by atoms with Crippen molar-refractivity contribution in [2.24, 2.45) is 11.1 Å². The smallest absolute Gasteiger partial charge is 0.0339 e. The third kappa shape index (κ3) is 3.20. The lowest BCUT2D eigenvalue weighted by Gasteiger charge is -2.22. The normalized spacial score (nSPS) is 25.7. The number of halogens is 2. The second-order valence-electron chi connectivity index (χ2n) is 4.67. The summed E-state index contributed by atoms with van der Waals surface area (Å²) >= 11 is 5.40. The molecule has 5 heteroatoms. The largest absolute Gasteiger partial charge is 0.330 e. The van der Waals surface area contributed by atoms with Crippen LogP contribution in [0.5, 0.6) is 0 Å². The maximum Gasteiger partial charge on any atom is 0.0339 e. The van der Waals surface area contributed by atoms with Crippen LogP contribution in [0.3, 0.4) is 0 Å². The standard InChI is InChI=1S/C11H17BrN2S.ClH/c1-11(7-13)3-4-14(8-11)6-10-9(12)2-5-15-10;/h2,5H,3-4,6-8,13H2,1H3;1H. The Hall–Kier alpha value is 0.390. The van der Waals surface area contributed by atoms with E-state index in [1.807, 2.05) is 11.3 Å². The summed E-state index contributed by atoms with van der Waals surface area (Å²) in [6.07, 6.45) is 1.23. The molecule has 1 aliphatic heterocycles. The Morgan fingerprint density at radius 1 is 1.62 bits per heavy atom. The average molecular weight is 326 g/mol. The number of nitrogens with zero attached hydrogens (tertiary/aromatic N) is 1. The Kier molecular flexibility index (Phi) is 5.26. The van der Waals surface area contributed by atoms with E-state index in [-0.39, 0.29) is 12.4 Å². The molecule has 2 rings (SSSR count). The lowest BCUT2D eigenvalue weighted by atomic mass is 9.90. The first kappa shape index (κ1) is 14.5. The van der Waals surface area contributed by atoms with Crippen molar-refractivity contribution >= 4 is 39.7 Å². The Morgan fingerprint density at radius 2 is 2.38 bits per heavy atom. The number of rotatable bonds is 3. The molecule has 92 valence electrons. The first-order valence-electron chi connectivity index (χ1n) is 5.27. The molecule has 1 atom stereocenters. The molecule has 0 aliphatic carbocycles. The molecule has 2 nitrogen and oxygen atoms in total. The van der Waals surface area contributed by atoms with Gasteiger partial charge in [-0.2, -0.15) is 0 Å². The van der Waals surface area contributed by atoms with Crippen LogP contribution in [-0.4, -0.2) is 24.5 Å². The number of hydrogen-bond acceptors (Lipinski definition) is 3. The Bertz CT molecular complexity index is 344. The maximum absolute atomic E-state index is 5.80. The van der Waals surface area contributed by atoms with Gasteiger partial charge in [0.1, 0.15) is 0 Å². The molecule has 1 aliphatic rings. The summed E-state index contributed by atoms with van der Waals surface area (Å²) in [7, 11) is 0. The van der Waals surface area contributed by atoms with Gasteiger partial charge in [-0.3, -0.25) is 4.90 Å². The molecule has 0 amide bonds. The van der Waals surface area contributed by atoms with Crippen molar-refractivity contribution in [2.45, 2.75) is 19.9 Å². The molecule has 1 aromatic heterocycles. The minimum Gasteiger partial charge on any atom is -0.330 e. The molecule has 1 unspecified atom stereocenters. The first-order chi connectivity index (χ1) is 7.13. The quantitative estimate of drug-likeness (QED) is 0.925. The van der Waals surface area contributed by atoms with Gasteiger partial charge < -0.3 is 5.73 Å². The molecule has 1 aromatic rings. The number of nitrogens with two attached hydrogens (primary N) is 1. The second-order valence-corrected chi connectivity index (χ2v) is 6.52. The van der Waals surface area contributed by atoms with E-state index in [9.17, 15) is 0 Å². The van der Waals surface area contributed by atoms with Gasteiger partial charge >= 0.3 is 0 Å². The van der Waals surface area contributed by atoms with Gasteiger partial charge in [0.05, 0.1) is 0 Å². The molecular weight excluding hydrogens is 308 g/mol. The van der Waals surface area contributed by atoms with E-state index in [4.69, 9.17) is 5.73 Å². The maximum atomic E-state index is 5.80. The minimum atomic E-state index is 0. The number of thiophene rings is 1. The highest BCUT2D eigenvalue weighted by Crippen LogP contribution is 2.31. The zero-order valence-corrected chi connectivity index (χ0v) is 12.6. The van der Waals surface area contributed by atoms with Crippen LogP contribution in [0.2, 0.25) is 0 Å². The summed E-state index contributed by atoms with van der Waals surface area (Å²) in [5.74, 6) is 0. The van der Waals surface area contributed by atoms with Gasteiger partial charge in [-0.15, -0.1) is 23.7 Å². The zero-order valence-electron chi connectivity index (χ0n) is 9.41. The predicted octanol–water partition coefficient (Wildman–Crippen LogP) is 3.10. The third-order valence-electron chi connectivity index (χ3n) is 3.19. The van der Waals surface area contributed by atoms with Crippen molar-refractivity contribution in [3.63, 3.8) is 0 Å². The fourth-order valence-corrected chi connectivity index (χ4v) is 3.59. The van der Waals surface area contributed by atoms with E-state index in [2.05, 4.69) is 39.2 Å². The monoisotopic (exact) mass is 324 g/mol. The van der Waals surface area contributed by atoms with Crippen LogP contribution in [-0.2, 0) is 6.54 Å². The highest BCUT2D eigenvalue weighted by atomic mass is 79.9. The van der Waals surface area contributed by atoms with Gasteiger partial charge in [0.15, 0.2) is 0 Å². The highest BCUT2D eigenvalue weighted by Gasteiger charge is 2.32. The van der Waals surface area contributed by atoms with Crippen LogP contribution in [0.4, 0.5) is 0 Å². The molecule has 1 fully saturated rings. The van der Waals surface area contributed by atoms with E-state index in [0.29, 0.717) is 5.41 Å². The van der Waals surface area contributed by atoms with Crippen molar-refractivity contribution in [3.8, 4) is 0 Å². The minimum absolute atomic E-state index is 0. The van der Waals surface area contributed by atoms with E-state index in [1.54, 1.807) is 0 Å². The van der Waals surface area contributed by atoms with Crippen molar-refractivity contribution in [3.05, 3.63) is 20.8 Å². The van der Waals surface area contributed by atoms with E-state index in [0.717, 1.165) is 19.6 Å². The van der Waals surface area contributed by atoms with E-state index >= 15 is 0 Å². The Balaban J connectivity index is 0.00000128. The predicted molar refractivity (Wildman–Crippen MR) is 76.3 cm³/mol. The Morgan fingerprint density at radius 3 is 2.88 bits per heavy atom. The third-order valence-corrected chi connectivity index (χ3v) is 5.10. The molecule has 0 bridgehead atoms. The van der Waals surface area contributed by atoms with Crippen molar-refractivity contribution in [1.29, 1.82) is 0 Å². The number of hydrogen-bond donors (Lipinski definition) is 1. The van der Waals surface area contributed by atoms with Crippen LogP contribution >= 0.6 is 39.7 Å². The fraction of sp³-hybridized carbons (Fsp3) is 0.636. The van der Waals surface area contributed by atoms with Gasteiger partial charge in [0.25, 0.3) is 0 Å². The molecular formula is C11H18BrClN2S. The topological polar surface area (TPSA) is 29.3 Å². The summed E-state index contributed by atoms with van der Waals surface area (Å²) in [6, 6.07) is 2.12. The van der Waals surface area contributed by atoms with Gasteiger partial charge in [-0.1, -0.05) is 6.92 Å². The second kappa shape index (κ2) is 5.83. The van der Waals surface area contributed by atoms with Gasteiger partial charge in [-0.05, 0) is 52.3 Å². The molecule has 0 saturated carbocycles. The summed E-state index contributed by atoms with van der Waals surface area (Å²) < 4.78 is 1.24. The first-order valence-corrected chi connectivity index (χ1v) is 6.94. The van der Waals surface area contributed by atoms with E-state index < -0.39 is 0 Å². The SMILES string of the molecule is CC1(CN)CCN(Cc2sccc2Br)C1.Cl. The zero-order chi connectivity index (χ0) is 10.9. The molecule has 0 radical (unpaired) electrons. The number of likely N-dealkylation sites (tertiary alicyclic amines) is 1. The molecule has 2 heterocycles. The van der Waals surface area contributed by atoms with Crippen LogP contribution < -0.4 is 5.73 Å². The van der Waals surface area contributed by atoms with Crippen molar-refractivity contribution in [2.75, 3.05) is 19.6 Å². The molecule has 2 N–H and O–H groups in total.